The summed E-state index contributed by atoms with van der Waals surface area (Å²) in [7, 11) is 3.38. The molecule has 0 aromatic carbocycles. The molecule has 4 N–H and O–H groups in total. The molecule has 1 heterocycles. The van der Waals surface area contributed by atoms with Crippen LogP contribution in [0.5, 0.6) is 0 Å². The van der Waals surface area contributed by atoms with E-state index in [9.17, 15) is 9.59 Å². The van der Waals surface area contributed by atoms with E-state index in [1.807, 2.05) is 28.6 Å². The number of carbonyl (C=O) groups excluding carboxylic acids is 2. The van der Waals surface area contributed by atoms with Crippen molar-refractivity contribution in [2.24, 2.45) is 5.92 Å². The zero-order chi connectivity index (χ0) is 22.0. The van der Waals surface area contributed by atoms with Crippen LogP contribution in [0.15, 0.2) is 16.8 Å². The quantitative estimate of drug-likeness (QED) is 0.105. The first kappa shape index (κ1) is 27.6. The van der Waals surface area contributed by atoms with Crippen LogP contribution in [0.1, 0.15) is 18.4 Å². The minimum atomic E-state index is -0.915. The fraction of sp³-hybridized carbons (Fsp3) is 0.684. The highest BCUT2D eigenvalue weighted by atomic mass is 33.1. The van der Waals surface area contributed by atoms with Crippen LogP contribution in [-0.2, 0) is 20.7 Å². The van der Waals surface area contributed by atoms with E-state index in [2.05, 4.69) is 16.9 Å². The monoisotopic (exact) mass is 496 g/mol. The summed E-state index contributed by atoms with van der Waals surface area (Å²) in [6, 6.07) is 2.03. The first-order valence-corrected chi connectivity index (χ1v) is 14.6. The van der Waals surface area contributed by atoms with Gasteiger partial charge in [-0.2, -0.15) is 23.1 Å². The van der Waals surface area contributed by atoms with E-state index < -0.39 is 25.3 Å². The molecule has 0 aliphatic carbocycles. The second-order valence-electron chi connectivity index (χ2n) is 6.44. The molecule has 1 aromatic heterocycles. The number of aliphatic hydroxyl groups excluding tert-OH is 2. The third-order valence-corrected chi connectivity index (χ3v) is 7.70. The van der Waals surface area contributed by atoms with Gasteiger partial charge in [-0.05, 0) is 53.8 Å². The lowest BCUT2D eigenvalue weighted by Crippen LogP contribution is -2.35. The highest BCUT2D eigenvalue weighted by molar-refractivity contribution is 8.76. The third-order valence-electron chi connectivity index (χ3n) is 3.98. The molecule has 0 radical (unpaired) electrons. The Morgan fingerprint density at radius 2 is 2.03 bits per heavy atom. The highest BCUT2D eigenvalue weighted by Gasteiger charge is 2.20. The lowest BCUT2D eigenvalue weighted by Gasteiger charge is -2.16. The van der Waals surface area contributed by atoms with Crippen LogP contribution in [-0.4, -0.2) is 78.1 Å². The van der Waals surface area contributed by atoms with Gasteiger partial charge in [0, 0.05) is 12.3 Å². The summed E-state index contributed by atoms with van der Waals surface area (Å²) in [6.45, 7) is 0.296. The molecule has 0 aliphatic rings. The number of thioether (sulfide) groups is 1. The zero-order valence-corrected chi connectivity index (χ0v) is 20.5. The van der Waals surface area contributed by atoms with E-state index in [0.717, 1.165) is 30.2 Å². The Bertz CT molecular complexity index is 573. The van der Waals surface area contributed by atoms with Crippen LogP contribution >= 0.6 is 44.7 Å². The Labute approximate surface area is 194 Å². The standard InChI is InChI=1S/C19H32N2O5S4/c1-27-7-2-5-20-14-30-29-13-16(9-15-4-8-28-12-15)19(25)21-6-3-18(24)26-17(10-22)11-23/h4,8,12,16-17,20,22-23H,2-3,5-7,9-11,13-14H2,1H3,(H,21,25). The third kappa shape index (κ3) is 13.1. The van der Waals surface area contributed by atoms with Crippen molar-refractivity contribution < 1.29 is 24.5 Å². The second-order valence-corrected chi connectivity index (χ2v) is 10.7. The van der Waals surface area contributed by atoms with Gasteiger partial charge < -0.3 is 25.6 Å². The molecule has 0 saturated heterocycles. The molecule has 0 fully saturated rings. The Kier molecular flexibility index (Phi) is 16.7. The van der Waals surface area contributed by atoms with Gasteiger partial charge in [-0.1, -0.05) is 21.6 Å². The van der Waals surface area contributed by atoms with Crippen molar-refractivity contribution in [2.75, 3.05) is 49.9 Å². The molecule has 1 atom stereocenters. The van der Waals surface area contributed by atoms with Crippen molar-refractivity contribution in [3.63, 3.8) is 0 Å². The lowest BCUT2D eigenvalue weighted by molar-refractivity contribution is -0.153. The van der Waals surface area contributed by atoms with Crippen molar-refractivity contribution in [2.45, 2.75) is 25.4 Å². The van der Waals surface area contributed by atoms with Crippen LogP contribution in [0.3, 0.4) is 0 Å². The molecular weight excluding hydrogens is 464 g/mol. The molecule has 1 unspecified atom stereocenters. The summed E-state index contributed by atoms with van der Waals surface area (Å²) in [6.07, 6.45) is 2.99. The van der Waals surface area contributed by atoms with E-state index >= 15 is 0 Å². The van der Waals surface area contributed by atoms with E-state index in [-0.39, 0.29) is 24.8 Å². The van der Waals surface area contributed by atoms with Gasteiger partial charge in [-0.15, -0.1) is 0 Å². The fourth-order valence-corrected chi connectivity index (χ4v) is 5.59. The predicted molar refractivity (Wildman–Crippen MR) is 129 cm³/mol. The predicted octanol–water partition coefficient (Wildman–Crippen LogP) is 1.99. The molecule has 11 heteroatoms. The number of carbonyl (C=O) groups is 2. The Hall–Kier alpha value is -0.430. The van der Waals surface area contributed by atoms with Crippen molar-refractivity contribution in [1.29, 1.82) is 0 Å². The van der Waals surface area contributed by atoms with Gasteiger partial charge in [-0.25, -0.2) is 0 Å². The maximum Gasteiger partial charge on any atom is 0.308 e. The Balaban J connectivity index is 2.35. The number of rotatable bonds is 18. The van der Waals surface area contributed by atoms with E-state index in [1.54, 1.807) is 32.9 Å². The van der Waals surface area contributed by atoms with E-state index in [1.165, 1.54) is 0 Å². The van der Waals surface area contributed by atoms with Crippen molar-refractivity contribution in [3.05, 3.63) is 22.4 Å². The zero-order valence-electron chi connectivity index (χ0n) is 17.2. The first-order chi connectivity index (χ1) is 14.6. The van der Waals surface area contributed by atoms with Crippen molar-refractivity contribution in [3.8, 4) is 0 Å². The minimum Gasteiger partial charge on any atom is -0.457 e. The number of ether oxygens (including phenoxy) is 1. The Morgan fingerprint density at radius 1 is 1.23 bits per heavy atom. The fourth-order valence-electron chi connectivity index (χ4n) is 2.36. The number of hydrogen-bond donors (Lipinski definition) is 4. The van der Waals surface area contributed by atoms with Crippen LogP contribution in [0.2, 0.25) is 0 Å². The number of esters is 1. The van der Waals surface area contributed by atoms with Gasteiger partial charge in [0.15, 0.2) is 0 Å². The summed E-state index contributed by atoms with van der Waals surface area (Å²) in [4.78, 5) is 24.4. The van der Waals surface area contributed by atoms with Gasteiger partial charge in [0.2, 0.25) is 5.91 Å². The van der Waals surface area contributed by atoms with Gasteiger partial charge in [0.05, 0.1) is 31.4 Å². The summed E-state index contributed by atoms with van der Waals surface area (Å²) < 4.78 is 4.90. The molecule has 1 amide bonds. The smallest absolute Gasteiger partial charge is 0.308 e. The van der Waals surface area contributed by atoms with Gasteiger partial charge in [0.1, 0.15) is 6.10 Å². The van der Waals surface area contributed by atoms with Crippen molar-refractivity contribution in [1.82, 2.24) is 10.6 Å². The van der Waals surface area contributed by atoms with E-state index in [0.29, 0.717) is 12.2 Å². The number of hydrogen-bond acceptors (Lipinski definition) is 10. The molecular formula is C19H32N2O5S4. The number of nitrogens with one attached hydrogen (secondary N) is 2. The number of amides is 1. The maximum atomic E-state index is 12.6. The number of thiophene rings is 1. The number of aliphatic hydroxyl groups is 2. The topological polar surface area (TPSA) is 108 Å². The summed E-state index contributed by atoms with van der Waals surface area (Å²) in [5, 5.41) is 28.1. The highest BCUT2D eigenvalue weighted by Crippen LogP contribution is 2.25. The molecule has 7 nitrogen and oxygen atoms in total. The SMILES string of the molecule is CSCCCNCSSCC(Cc1ccsc1)C(=O)NCCC(=O)OC(CO)CO. The Morgan fingerprint density at radius 3 is 2.70 bits per heavy atom. The molecule has 1 aromatic rings. The van der Waals surface area contributed by atoms with Crippen LogP contribution in [0.4, 0.5) is 0 Å². The largest absolute Gasteiger partial charge is 0.457 e. The minimum absolute atomic E-state index is 0.00469. The molecule has 172 valence electrons. The first-order valence-electron chi connectivity index (χ1n) is 9.74. The van der Waals surface area contributed by atoms with Crippen LogP contribution in [0, 0.1) is 5.92 Å². The van der Waals surface area contributed by atoms with Gasteiger partial charge in [0.25, 0.3) is 0 Å². The normalized spacial score (nSPS) is 12.1. The average molecular weight is 497 g/mol. The molecule has 0 saturated carbocycles. The van der Waals surface area contributed by atoms with Crippen LogP contribution < -0.4 is 10.6 Å². The molecule has 0 bridgehead atoms. The average Bonchev–Trinajstić information content (AvgIpc) is 3.26. The molecule has 30 heavy (non-hydrogen) atoms. The van der Waals surface area contributed by atoms with Crippen molar-refractivity contribution >= 4 is 56.6 Å². The maximum absolute atomic E-state index is 12.6. The van der Waals surface area contributed by atoms with Gasteiger partial charge >= 0.3 is 5.97 Å². The summed E-state index contributed by atoms with van der Waals surface area (Å²) >= 11 is 3.45. The molecule has 0 aliphatic heterocycles. The van der Waals surface area contributed by atoms with Gasteiger partial charge in [-0.3, -0.25) is 9.59 Å². The second kappa shape index (κ2) is 18.2. The molecule has 1 rings (SSSR count). The van der Waals surface area contributed by atoms with Crippen LogP contribution in [0.25, 0.3) is 0 Å². The molecule has 0 spiro atoms. The summed E-state index contributed by atoms with van der Waals surface area (Å²) in [5.74, 6) is 1.84. The summed E-state index contributed by atoms with van der Waals surface area (Å²) in [5.41, 5.74) is 1.13. The van der Waals surface area contributed by atoms with E-state index in [4.69, 9.17) is 14.9 Å². The lowest BCUT2D eigenvalue weighted by atomic mass is 10.0.